The number of methoxy groups -OCH3 is 1. The Morgan fingerprint density at radius 3 is 2.57 bits per heavy atom. The summed E-state index contributed by atoms with van der Waals surface area (Å²) in [5, 5.41) is 11.4. The van der Waals surface area contributed by atoms with E-state index < -0.39 is 16.0 Å². The molecular formula is C19H28N2O6S. The van der Waals surface area contributed by atoms with Gasteiger partial charge in [-0.1, -0.05) is 6.42 Å². The molecule has 156 valence electrons. The number of rotatable bonds is 10. The van der Waals surface area contributed by atoms with Gasteiger partial charge in [0, 0.05) is 26.1 Å². The molecule has 0 bridgehead atoms. The number of carbonyl (C=O) groups excluding carboxylic acids is 1. The monoisotopic (exact) mass is 412 g/mol. The van der Waals surface area contributed by atoms with Gasteiger partial charge in [-0.05, 0) is 49.9 Å². The fourth-order valence-electron chi connectivity index (χ4n) is 3.21. The van der Waals surface area contributed by atoms with Crippen molar-refractivity contribution >= 4 is 21.9 Å². The molecule has 0 aromatic heterocycles. The second-order valence-electron chi connectivity index (χ2n) is 6.87. The molecule has 1 aliphatic heterocycles. The van der Waals surface area contributed by atoms with E-state index in [1.165, 1.54) is 23.5 Å². The first-order valence-electron chi connectivity index (χ1n) is 9.48. The fraction of sp³-hybridized carbons (Fsp3) is 0.579. The van der Waals surface area contributed by atoms with Crippen LogP contribution in [0, 0.1) is 5.92 Å². The Morgan fingerprint density at radius 2 is 1.93 bits per heavy atom. The molecule has 0 saturated carbocycles. The first-order chi connectivity index (χ1) is 13.3. The van der Waals surface area contributed by atoms with E-state index in [-0.39, 0.29) is 29.7 Å². The molecule has 1 aromatic carbocycles. The molecule has 1 heterocycles. The second-order valence-corrected chi connectivity index (χ2v) is 8.81. The minimum absolute atomic E-state index is 0.134. The molecule has 1 saturated heterocycles. The van der Waals surface area contributed by atoms with E-state index >= 15 is 0 Å². The van der Waals surface area contributed by atoms with Crippen molar-refractivity contribution in [3.63, 3.8) is 0 Å². The minimum Gasteiger partial charge on any atom is -0.497 e. The Hall–Kier alpha value is -2.13. The molecular weight excluding hydrogens is 384 g/mol. The first-order valence-corrected chi connectivity index (χ1v) is 10.9. The van der Waals surface area contributed by atoms with Gasteiger partial charge in [0.25, 0.3) is 0 Å². The van der Waals surface area contributed by atoms with Crippen LogP contribution < -0.4 is 10.1 Å². The van der Waals surface area contributed by atoms with Crippen LogP contribution in [0.2, 0.25) is 0 Å². The number of carboxylic acid groups (broad SMARTS) is 1. The molecule has 28 heavy (non-hydrogen) atoms. The number of unbranched alkanes of at least 4 members (excludes halogenated alkanes) is 2. The Balaban J connectivity index is 1.86. The average Bonchev–Trinajstić information content (AvgIpc) is 2.70. The quantitative estimate of drug-likeness (QED) is 0.567. The highest BCUT2D eigenvalue weighted by Crippen LogP contribution is 2.25. The van der Waals surface area contributed by atoms with Crippen molar-refractivity contribution in [1.82, 2.24) is 9.62 Å². The molecule has 1 aliphatic rings. The van der Waals surface area contributed by atoms with E-state index in [0.717, 1.165) is 6.42 Å². The number of hydrogen-bond acceptors (Lipinski definition) is 5. The highest BCUT2D eigenvalue weighted by atomic mass is 32.2. The highest BCUT2D eigenvalue weighted by molar-refractivity contribution is 7.89. The summed E-state index contributed by atoms with van der Waals surface area (Å²) in [6.45, 7) is 1.03. The molecule has 2 N–H and O–H groups in total. The largest absolute Gasteiger partial charge is 0.497 e. The van der Waals surface area contributed by atoms with E-state index in [1.807, 2.05) is 0 Å². The SMILES string of the molecule is COc1ccc(S(=O)(=O)N2CCC[C@H](C(=O)NCCCCCC(=O)O)C2)cc1. The van der Waals surface area contributed by atoms with E-state index in [9.17, 15) is 18.0 Å². The molecule has 2 rings (SSSR count). The zero-order valence-corrected chi connectivity index (χ0v) is 16.9. The van der Waals surface area contributed by atoms with Crippen molar-refractivity contribution in [3.05, 3.63) is 24.3 Å². The van der Waals surface area contributed by atoms with Crippen molar-refractivity contribution in [2.45, 2.75) is 43.4 Å². The lowest BCUT2D eigenvalue weighted by molar-refractivity contribution is -0.137. The van der Waals surface area contributed by atoms with Crippen LogP contribution in [0.3, 0.4) is 0 Å². The smallest absolute Gasteiger partial charge is 0.303 e. The Bertz CT molecular complexity index is 763. The van der Waals surface area contributed by atoms with Gasteiger partial charge in [0.1, 0.15) is 5.75 Å². The van der Waals surface area contributed by atoms with Crippen molar-refractivity contribution < 1.29 is 27.9 Å². The molecule has 0 aliphatic carbocycles. The number of carbonyl (C=O) groups is 2. The molecule has 0 unspecified atom stereocenters. The summed E-state index contributed by atoms with van der Waals surface area (Å²) in [4.78, 5) is 23.0. The normalized spacial score (nSPS) is 17.8. The zero-order chi connectivity index (χ0) is 20.6. The predicted octanol–water partition coefficient (Wildman–Crippen LogP) is 1.86. The van der Waals surface area contributed by atoms with E-state index in [1.54, 1.807) is 12.1 Å². The number of ether oxygens (including phenoxy) is 1. The average molecular weight is 413 g/mol. The summed E-state index contributed by atoms with van der Waals surface area (Å²) in [5.74, 6) is -0.753. The van der Waals surface area contributed by atoms with Gasteiger partial charge in [-0.25, -0.2) is 8.42 Å². The number of benzene rings is 1. The predicted molar refractivity (Wildman–Crippen MR) is 104 cm³/mol. The summed E-state index contributed by atoms with van der Waals surface area (Å²) < 4.78 is 32.1. The van der Waals surface area contributed by atoms with E-state index in [2.05, 4.69) is 5.32 Å². The van der Waals surface area contributed by atoms with Crippen LogP contribution in [0.1, 0.15) is 38.5 Å². The maximum absolute atomic E-state index is 12.8. The van der Waals surface area contributed by atoms with Crippen molar-refractivity contribution in [3.8, 4) is 5.75 Å². The van der Waals surface area contributed by atoms with Gasteiger partial charge in [-0.2, -0.15) is 4.31 Å². The van der Waals surface area contributed by atoms with Crippen LogP contribution in [0.4, 0.5) is 0 Å². The lowest BCUT2D eigenvalue weighted by Gasteiger charge is -2.31. The number of nitrogens with one attached hydrogen (secondary N) is 1. The van der Waals surface area contributed by atoms with Crippen LogP contribution in [0.25, 0.3) is 0 Å². The molecule has 8 nitrogen and oxygen atoms in total. The van der Waals surface area contributed by atoms with Crippen molar-refractivity contribution in [1.29, 1.82) is 0 Å². The van der Waals surface area contributed by atoms with Crippen LogP contribution in [-0.2, 0) is 19.6 Å². The van der Waals surface area contributed by atoms with Crippen molar-refractivity contribution in [2.75, 3.05) is 26.7 Å². The number of piperidine rings is 1. The number of amides is 1. The molecule has 0 radical (unpaired) electrons. The molecule has 1 aromatic rings. The lowest BCUT2D eigenvalue weighted by Crippen LogP contribution is -2.45. The van der Waals surface area contributed by atoms with Gasteiger partial charge in [0.05, 0.1) is 17.9 Å². The summed E-state index contributed by atoms with van der Waals surface area (Å²) >= 11 is 0. The summed E-state index contributed by atoms with van der Waals surface area (Å²) in [6.07, 6.45) is 3.44. The number of carboxylic acids is 1. The fourth-order valence-corrected chi connectivity index (χ4v) is 4.73. The van der Waals surface area contributed by atoms with E-state index in [4.69, 9.17) is 9.84 Å². The molecule has 0 spiro atoms. The number of sulfonamides is 1. The standard InChI is InChI=1S/C19H28N2O6S/c1-27-16-8-10-17(11-9-16)28(25,26)21-13-5-6-15(14-21)19(24)20-12-4-2-3-7-18(22)23/h8-11,15H,2-7,12-14H2,1H3,(H,20,24)(H,22,23)/t15-/m0/s1. The number of hydrogen-bond donors (Lipinski definition) is 2. The second kappa shape index (κ2) is 10.4. The van der Waals surface area contributed by atoms with Crippen molar-refractivity contribution in [2.24, 2.45) is 5.92 Å². The third-order valence-electron chi connectivity index (χ3n) is 4.82. The first kappa shape index (κ1) is 22.2. The minimum atomic E-state index is -3.65. The number of nitrogens with zero attached hydrogens (tertiary/aromatic N) is 1. The van der Waals surface area contributed by atoms with Gasteiger partial charge in [-0.15, -0.1) is 0 Å². The van der Waals surface area contributed by atoms with Gasteiger partial charge in [-0.3, -0.25) is 9.59 Å². The van der Waals surface area contributed by atoms with Crippen LogP contribution in [0.5, 0.6) is 5.75 Å². The Morgan fingerprint density at radius 1 is 1.21 bits per heavy atom. The highest BCUT2D eigenvalue weighted by Gasteiger charge is 2.33. The van der Waals surface area contributed by atoms with Gasteiger partial charge < -0.3 is 15.2 Å². The maximum Gasteiger partial charge on any atom is 0.303 e. The maximum atomic E-state index is 12.8. The molecule has 1 atom stereocenters. The Kier molecular flexibility index (Phi) is 8.25. The zero-order valence-electron chi connectivity index (χ0n) is 16.1. The van der Waals surface area contributed by atoms with Gasteiger partial charge in [0.15, 0.2) is 0 Å². The number of aliphatic carboxylic acids is 1. The molecule has 9 heteroatoms. The van der Waals surface area contributed by atoms with Gasteiger partial charge in [0.2, 0.25) is 15.9 Å². The van der Waals surface area contributed by atoms with Crippen LogP contribution >= 0.6 is 0 Å². The summed E-state index contributed by atoms with van der Waals surface area (Å²) in [5.41, 5.74) is 0. The lowest BCUT2D eigenvalue weighted by atomic mass is 9.99. The van der Waals surface area contributed by atoms with Gasteiger partial charge >= 0.3 is 5.97 Å². The van der Waals surface area contributed by atoms with E-state index in [0.29, 0.717) is 44.5 Å². The molecule has 1 amide bonds. The Labute approximate surface area is 165 Å². The van der Waals surface area contributed by atoms with Crippen LogP contribution in [0.15, 0.2) is 29.2 Å². The topological polar surface area (TPSA) is 113 Å². The third-order valence-corrected chi connectivity index (χ3v) is 6.70. The summed E-state index contributed by atoms with van der Waals surface area (Å²) in [6, 6.07) is 6.22. The summed E-state index contributed by atoms with van der Waals surface area (Å²) in [7, 11) is -2.13. The third kappa shape index (κ3) is 6.20. The molecule has 1 fully saturated rings. The van der Waals surface area contributed by atoms with Crippen LogP contribution in [-0.4, -0.2) is 56.5 Å².